The molecule has 0 fully saturated rings. The molecular formula is C9H10N2O2. The molecule has 0 aliphatic heterocycles. The monoisotopic (exact) mass is 178 g/mol. The average molecular weight is 178 g/mol. The minimum atomic E-state index is -0.446. The van der Waals surface area contributed by atoms with E-state index in [9.17, 15) is 4.79 Å². The Hall–Kier alpha value is -1.58. The van der Waals surface area contributed by atoms with Crippen molar-refractivity contribution in [3.63, 3.8) is 0 Å². The van der Waals surface area contributed by atoms with Crippen LogP contribution in [0.5, 0.6) is 0 Å². The smallest absolute Gasteiger partial charge is 0.389 e. The third-order valence-corrected chi connectivity index (χ3v) is 2.21. The van der Waals surface area contributed by atoms with Crippen LogP contribution in [0.4, 0.5) is 0 Å². The minimum Gasteiger partial charge on any atom is -0.389 e. The Labute approximate surface area is 74.6 Å². The Kier molecular flexibility index (Phi) is 1.69. The standard InChI is InChI=1S/C9H10N2O2/c1-3-6-4-10-8-7(5(6)2)11-9(12)13-8/h4H,3H2,1-2H3,(H,11,12). The zero-order valence-electron chi connectivity index (χ0n) is 7.55. The highest BCUT2D eigenvalue weighted by atomic mass is 16.4. The lowest BCUT2D eigenvalue weighted by Gasteiger charge is -2.00. The molecule has 0 aliphatic rings. The van der Waals surface area contributed by atoms with Crippen molar-refractivity contribution in [2.45, 2.75) is 20.3 Å². The molecule has 0 bridgehead atoms. The summed E-state index contributed by atoms with van der Waals surface area (Å²) in [6.45, 7) is 4.00. The maximum Gasteiger partial charge on any atom is 0.418 e. The summed E-state index contributed by atoms with van der Waals surface area (Å²) in [5, 5.41) is 0. The van der Waals surface area contributed by atoms with Gasteiger partial charge in [0.2, 0.25) is 5.71 Å². The number of hydrogen-bond donors (Lipinski definition) is 1. The molecule has 2 aromatic rings. The summed E-state index contributed by atoms with van der Waals surface area (Å²) in [4.78, 5) is 17.5. The quantitative estimate of drug-likeness (QED) is 0.717. The van der Waals surface area contributed by atoms with Crippen molar-refractivity contribution in [1.82, 2.24) is 9.97 Å². The fourth-order valence-electron chi connectivity index (χ4n) is 1.42. The maximum absolute atomic E-state index is 10.9. The van der Waals surface area contributed by atoms with Crippen LogP contribution in [-0.2, 0) is 6.42 Å². The number of aryl methyl sites for hydroxylation is 2. The number of fused-ring (bicyclic) bond motifs is 1. The molecule has 0 aromatic carbocycles. The molecule has 0 unspecified atom stereocenters. The van der Waals surface area contributed by atoms with Crippen molar-refractivity contribution in [2.75, 3.05) is 0 Å². The fourth-order valence-corrected chi connectivity index (χ4v) is 1.42. The molecule has 0 atom stereocenters. The molecule has 0 aliphatic carbocycles. The summed E-state index contributed by atoms with van der Waals surface area (Å²) >= 11 is 0. The van der Waals surface area contributed by atoms with E-state index < -0.39 is 5.76 Å². The number of oxazole rings is 1. The zero-order chi connectivity index (χ0) is 9.42. The topological polar surface area (TPSA) is 58.9 Å². The van der Waals surface area contributed by atoms with Crippen molar-refractivity contribution < 1.29 is 4.42 Å². The van der Waals surface area contributed by atoms with Gasteiger partial charge in [-0.15, -0.1) is 0 Å². The van der Waals surface area contributed by atoms with E-state index in [0.717, 1.165) is 17.5 Å². The van der Waals surface area contributed by atoms with Gasteiger partial charge in [-0.3, -0.25) is 4.98 Å². The molecule has 4 heteroatoms. The van der Waals surface area contributed by atoms with Gasteiger partial charge in [-0.05, 0) is 24.5 Å². The Balaban J connectivity index is 2.85. The van der Waals surface area contributed by atoms with Crippen LogP contribution in [0.3, 0.4) is 0 Å². The highest BCUT2D eigenvalue weighted by Crippen LogP contribution is 2.16. The Morgan fingerprint density at radius 1 is 1.62 bits per heavy atom. The van der Waals surface area contributed by atoms with Crippen LogP contribution in [-0.4, -0.2) is 9.97 Å². The molecule has 68 valence electrons. The second-order valence-electron chi connectivity index (χ2n) is 2.96. The summed E-state index contributed by atoms with van der Waals surface area (Å²) < 4.78 is 4.83. The van der Waals surface area contributed by atoms with Gasteiger partial charge in [0.25, 0.3) is 0 Å². The number of hydrogen-bond acceptors (Lipinski definition) is 3. The average Bonchev–Trinajstić information content (AvgIpc) is 2.47. The molecule has 0 amide bonds. The Bertz CT molecular complexity index is 496. The predicted molar refractivity (Wildman–Crippen MR) is 48.7 cm³/mol. The van der Waals surface area contributed by atoms with Gasteiger partial charge in [-0.2, -0.15) is 0 Å². The lowest BCUT2D eigenvalue weighted by molar-refractivity contribution is 0.545. The third-order valence-electron chi connectivity index (χ3n) is 2.21. The van der Waals surface area contributed by atoms with E-state index in [-0.39, 0.29) is 0 Å². The van der Waals surface area contributed by atoms with Crippen molar-refractivity contribution in [3.05, 3.63) is 27.9 Å². The number of rotatable bonds is 1. The molecule has 0 spiro atoms. The molecule has 4 nitrogen and oxygen atoms in total. The molecule has 2 rings (SSSR count). The van der Waals surface area contributed by atoms with Gasteiger partial charge >= 0.3 is 5.76 Å². The van der Waals surface area contributed by atoms with Crippen LogP contribution >= 0.6 is 0 Å². The third kappa shape index (κ3) is 1.14. The second kappa shape index (κ2) is 2.73. The van der Waals surface area contributed by atoms with Gasteiger partial charge in [0.15, 0.2) is 0 Å². The van der Waals surface area contributed by atoms with E-state index in [4.69, 9.17) is 4.42 Å². The van der Waals surface area contributed by atoms with Crippen LogP contribution in [0.15, 0.2) is 15.4 Å². The minimum absolute atomic E-state index is 0.389. The highest BCUT2D eigenvalue weighted by molar-refractivity contribution is 5.72. The summed E-state index contributed by atoms with van der Waals surface area (Å²) in [5.41, 5.74) is 3.27. The SMILES string of the molecule is CCc1cnc2oc(=O)[nH]c2c1C. The van der Waals surface area contributed by atoms with Crippen LogP contribution in [0.1, 0.15) is 18.1 Å². The number of nitrogens with one attached hydrogen (secondary N) is 1. The number of pyridine rings is 1. The van der Waals surface area contributed by atoms with Crippen LogP contribution in [0.2, 0.25) is 0 Å². The van der Waals surface area contributed by atoms with E-state index in [0.29, 0.717) is 11.2 Å². The highest BCUT2D eigenvalue weighted by Gasteiger charge is 2.07. The molecular weight excluding hydrogens is 168 g/mol. The zero-order valence-corrected chi connectivity index (χ0v) is 7.55. The molecule has 2 aromatic heterocycles. The first kappa shape index (κ1) is 8.04. The van der Waals surface area contributed by atoms with Gasteiger partial charge < -0.3 is 4.42 Å². The summed E-state index contributed by atoms with van der Waals surface area (Å²) in [6, 6.07) is 0. The summed E-state index contributed by atoms with van der Waals surface area (Å²) in [7, 11) is 0. The fraction of sp³-hybridized carbons (Fsp3) is 0.333. The van der Waals surface area contributed by atoms with Crippen LogP contribution in [0.25, 0.3) is 11.2 Å². The number of aromatic nitrogens is 2. The van der Waals surface area contributed by atoms with E-state index in [1.165, 1.54) is 0 Å². The Morgan fingerprint density at radius 2 is 2.38 bits per heavy atom. The van der Waals surface area contributed by atoms with Crippen molar-refractivity contribution in [3.8, 4) is 0 Å². The van der Waals surface area contributed by atoms with Gasteiger partial charge in [0, 0.05) is 6.20 Å². The Morgan fingerprint density at radius 3 is 3.08 bits per heavy atom. The van der Waals surface area contributed by atoms with Crippen LogP contribution in [0, 0.1) is 6.92 Å². The normalized spacial score (nSPS) is 10.9. The molecule has 2 heterocycles. The van der Waals surface area contributed by atoms with Gasteiger partial charge in [-0.25, -0.2) is 9.78 Å². The lowest BCUT2D eigenvalue weighted by atomic mass is 10.1. The van der Waals surface area contributed by atoms with Crippen molar-refractivity contribution in [1.29, 1.82) is 0 Å². The van der Waals surface area contributed by atoms with Gasteiger partial charge in [0.05, 0.1) is 0 Å². The molecule has 13 heavy (non-hydrogen) atoms. The maximum atomic E-state index is 10.9. The van der Waals surface area contributed by atoms with Crippen molar-refractivity contribution in [2.24, 2.45) is 0 Å². The summed E-state index contributed by atoms with van der Waals surface area (Å²) in [5.74, 6) is -0.446. The largest absolute Gasteiger partial charge is 0.418 e. The molecule has 0 saturated carbocycles. The van der Waals surface area contributed by atoms with Gasteiger partial charge in [-0.1, -0.05) is 6.92 Å². The first-order valence-electron chi connectivity index (χ1n) is 4.19. The summed E-state index contributed by atoms with van der Waals surface area (Å²) in [6.07, 6.45) is 2.65. The first-order chi connectivity index (χ1) is 6.22. The predicted octanol–water partition coefficient (Wildman–Crippen LogP) is 1.39. The van der Waals surface area contributed by atoms with E-state index in [1.807, 2.05) is 13.8 Å². The lowest BCUT2D eigenvalue weighted by Crippen LogP contribution is -1.94. The second-order valence-corrected chi connectivity index (χ2v) is 2.96. The van der Waals surface area contributed by atoms with Gasteiger partial charge in [0.1, 0.15) is 5.52 Å². The number of aromatic amines is 1. The van der Waals surface area contributed by atoms with Crippen LogP contribution < -0.4 is 5.76 Å². The number of nitrogens with zero attached hydrogens (tertiary/aromatic N) is 1. The first-order valence-corrected chi connectivity index (χ1v) is 4.19. The molecule has 0 saturated heterocycles. The molecule has 0 radical (unpaired) electrons. The van der Waals surface area contributed by atoms with E-state index in [2.05, 4.69) is 9.97 Å². The molecule has 1 N–H and O–H groups in total. The van der Waals surface area contributed by atoms with Crippen molar-refractivity contribution >= 4 is 11.2 Å². The van der Waals surface area contributed by atoms with E-state index in [1.54, 1.807) is 6.20 Å². The van der Waals surface area contributed by atoms with E-state index >= 15 is 0 Å². The number of H-pyrrole nitrogens is 1.